The van der Waals surface area contributed by atoms with Crippen LogP contribution in [-0.4, -0.2) is 17.3 Å². The van der Waals surface area contributed by atoms with E-state index in [2.05, 4.69) is 5.32 Å². The molecule has 0 aliphatic heterocycles. The summed E-state index contributed by atoms with van der Waals surface area (Å²) in [4.78, 5) is 0. The van der Waals surface area contributed by atoms with Crippen LogP contribution in [0, 0.1) is 0 Å². The molecule has 0 fully saturated rings. The molecule has 0 amide bonds. The molecule has 0 unspecified atom stereocenters. The van der Waals surface area contributed by atoms with Gasteiger partial charge in [0.1, 0.15) is 0 Å². The van der Waals surface area contributed by atoms with Gasteiger partial charge in [-0.3, -0.25) is 0 Å². The molecule has 2 nitrogen and oxygen atoms in total. The Morgan fingerprint density at radius 2 is 1.62 bits per heavy atom. The number of alkyl halides is 3. The van der Waals surface area contributed by atoms with Crippen molar-refractivity contribution in [2.24, 2.45) is 0 Å². The SMILES string of the molecule is CC(C)(CO)Nc1ccc(C(F)(F)F)cc1. The summed E-state index contributed by atoms with van der Waals surface area (Å²) in [6.45, 7) is 3.41. The normalized spacial score (nSPS) is 12.6. The van der Waals surface area contributed by atoms with Gasteiger partial charge in [0, 0.05) is 5.69 Å². The zero-order valence-corrected chi connectivity index (χ0v) is 9.10. The van der Waals surface area contributed by atoms with Crippen molar-refractivity contribution in [1.82, 2.24) is 0 Å². The van der Waals surface area contributed by atoms with Crippen molar-refractivity contribution in [3.63, 3.8) is 0 Å². The molecule has 0 saturated heterocycles. The summed E-state index contributed by atoms with van der Waals surface area (Å²) >= 11 is 0. The van der Waals surface area contributed by atoms with Gasteiger partial charge in [-0.05, 0) is 38.1 Å². The standard InChI is InChI=1S/C11H14F3NO/c1-10(2,7-16)15-9-5-3-8(4-6-9)11(12,13)14/h3-6,15-16H,7H2,1-2H3. The molecule has 0 atom stereocenters. The van der Waals surface area contributed by atoms with Gasteiger partial charge in [-0.15, -0.1) is 0 Å². The number of aliphatic hydroxyl groups excluding tert-OH is 1. The van der Waals surface area contributed by atoms with E-state index in [1.807, 2.05) is 0 Å². The Balaban J connectivity index is 2.80. The van der Waals surface area contributed by atoms with E-state index in [1.165, 1.54) is 12.1 Å². The predicted octanol–water partition coefficient (Wildman–Crippen LogP) is 2.89. The van der Waals surface area contributed by atoms with E-state index in [4.69, 9.17) is 5.11 Å². The fourth-order valence-electron chi connectivity index (χ4n) is 1.17. The minimum Gasteiger partial charge on any atom is -0.394 e. The summed E-state index contributed by atoms with van der Waals surface area (Å²) in [5, 5.41) is 11.9. The van der Waals surface area contributed by atoms with Gasteiger partial charge in [0.2, 0.25) is 0 Å². The Hall–Kier alpha value is -1.23. The van der Waals surface area contributed by atoms with Crippen molar-refractivity contribution >= 4 is 5.69 Å². The van der Waals surface area contributed by atoms with Gasteiger partial charge < -0.3 is 10.4 Å². The van der Waals surface area contributed by atoms with E-state index in [9.17, 15) is 13.2 Å². The fraction of sp³-hybridized carbons (Fsp3) is 0.455. The molecule has 90 valence electrons. The third-order valence-electron chi connectivity index (χ3n) is 2.09. The van der Waals surface area contributed by atoms with Crippen LogP contribution in [0.1, 0.15) is 19.4 Å². The smallest absolute Gasteiger partial charge is 0.394 e. The lowest BCUT2D eigenvalue weighted by Crippen LogP contribution is -2.34. The van der Waals surface area contributed by atoms with E-state index in [-0.39, 0.29) is 6.61 Å². The average molecular weight is 233 g/mol. The third kappa shape index (κ3) is 3.41. The molecule has 0 aromatic heterocycles. The largest absolute Gasteiger partial charge is 0.416 e. The van der Waals surface area contributed by atoms with Crippen LogP contribution in [0.3, 0.4) is 0 Å². The Bertz CT molecular complexity index is 343. The van der Waals surface area contributed by atoms with Crippen molar-refractivity contribution < 1.29 is 18.3 Å². The summed E-state index contributed by atoms with van der Waals surface area (Å²) in [5.74, 6) is 0. The first-order chi connectivity index (χ1) is 7.24. The summed E-state index contributed by atoms with van der Waals surface area (Å²) in [7, 11) is 0. The van der Waals surface area contributed by atoms with Crippen LogP contribution >= 0.6 is 0 Å². The molecule has 2 N–H and O–H groups in total. The van der Waals surface area contributed by atoms with E-state index in [0.717, 1.165) is 12.1 Å². The van der Waals surface area contributed by atoms with Gasteiger partial charge in [-0.25, -0.2) is 0 Å². The van der Waals surface area contributed by atoms with E-state index in [0.29, 0.717) is 5.69 Å². The molecule has 0 aliphatic rings. The number of halogens is 3. The molecule has 1 aromatic rings. The maximum Gasteiger partial charge on any atom is 0.416 e. The highest BCUT2D eigenvalue weighted by molar-refractivity contribution is 5.47. The van der Waals surface area contributed by atoms with Crippen molar-refractivity contribution in [3.8, 4) is 0 Å². The lowest BCUT2D eigenvalue weighted by Gasteiger charge is -2.25. The van der Waals surface area contributed by atoms with Crippen LogP contribution in [0.25, 0.3) is 0 Å². The minimum atomic E-state index is -4.31. The van der Waals surface area contributed by atoms with Crippen LogP contribution in [0.5, 0.6) is 0 Å². The summed E-state index contributed by atoms with van der Waals surface area (Å²) in [6, 6.07) is 4.71. The highest BCUT2D eigenvalue weighted by atomic mass is 19.4. The van der Waals surface area contributed by atoms with E-state index in [1.54, 1.807) is 13.8 Å². The number of benzene rings is 1. The highest BCUT2D eigenvalue weighted by Crippen LogP contribution is 2.30. The van der Waals surface area contributed by atoms with Crippen LogP contribution < -0.4 is 5.32 Å². The number of nitrogens with one attached hydrogen (secondary N) is 1. The molecule has 0 radical (unpaired) electrons. The zero-order chi connectivity index (χ0) is 12.4. The quantitative estimate of drug-likeness (QED) is 0.841. The first kappa shape index (κ1) is 12.8. The molecule has 1 rings (SSSR count). The average Bonchev–Trinajstić information content (AvgIpc) is 2.16. The van der Waals surface area contributed by atoms with Crippen molar-refractivity contribution in [3.05, 3.63) is 29.8 Å². The number of aliphatic hydroxyl groups is 1. The van der Waals surface area contributed by atoms with Gasteiger partial charge in [0.05, 0.1) is 17.7 Å². The number of hydrogen-bond acceptors (Lipinski definition) is 2. The molecule has 0 saturated carbocycles. The predicted molar refractivity (Wildman–Crippen MR) is 56.2 cm³/mol. The molecule has 16 heavy (non-hydrogen) atoms. The summed E-state index contributed by atoms with van der Waals surface area (Å²) < 4.78 is 36.8. The fourth-order valence-corrected chi connectivity index (χ4v) is 1.17. The molecule has 0 spiro atoms. The minimum absolute atomic E-state index is 0.103. The van der Waals surface area contributed by atoms with Crippen molar-refractivity contribution in [2.45, 2.75) is 25.6 Å². The lowest BCUT2D eigenvalue weighted by molar-refractivity contribution is -0.137. The molecule has 5 heteroatoms. The second kappa shape index (κ2) is 4.33. The lowest BCUT2D eigenvalue weighted by atomic mass is 10.1. The molecule has 0 aliphatic carbocycles. The first-order valence-electron chi connectivity index (χ1n) is 4.81. The maximum absolute atomic E-state index is 12.3. The molecule has 1 aromatic carbocycles. The first-order valence-corrected chi connectivity index (χ1v) is 4.81. The number of rotatable bonds is 3. The molecule has 0 heterocycles. The summed E-state index contributed by atoms with van der Waals surface area (Å²) in [5.41, 5.74) is -0.688. The second-order valence-corrected chi connectivity index (χ2v) is 4.24. The van der Waals surface area contributed by atoms with Gasteiger partial charge in [0.15, 0.2) is 0 Å². The molecular formula is C11H14F3NO. The van der Waals surface area contributed by atoms with Gasteiger partial charge in [-0.2, -0.15) is 13.2 Å². The van der Waals surface area contributed by atoms with Crippen LogP contribution in [0.2, 0.25) is 0 Å². The van der Waals surface area contributed by atoms with Crippen molar-refractivity contribution in [2.75, 3.05) is 11.9 Å². The monoisotopic (exact) mass is 233 g/mol. The Labute approximate surface area is 92.1 Å². The second-order valence-electron chi connectivity index (χ2n) is 4.24. The number of anilines is 1. The molecular weight excluding hydrogens is 219 g/mol. The maximum atomic E-state index is 12.3. The van der Waals surface area contributed by atoms with Gasteiger partial charge in [-0.1, -0.05) is 0 Å². The van der Waals surface area contributed by atoms with Gasteiger partial charge in [0.25, 0.3) is 0 Å². The Morgan fingerprint density at radius 1 is 1.12 bits per heavy atom. The Kier molecular flexibility index (Phi) is 3.48. The van der Waals surface area contributed by atoms with E-state index < -0.39 is 17.3 Å². The van der Waals surface area contributed by atoms with E-state index >= 15 is 0 Å². The highest BCUT2D eigenvalue weighted by Gasteiger charge is 2.30. The topological polar surface area (TPSA) is 32.3 Å². The Morgan fingerprint density at radius 3 is 2.00 bits per heavy atom. The van der Waals surface area contributed by atoms with Crippen molar-refractivity contribution in [1.29, 1.82) is 0 Å². The molecule has 0 bridgehead atoms. The van der Waals surface area contributed by atoms with Crippen LogP contribution in [0.4, 0.5) is 18.9 Å². The number of hydrogen-bond donors (Lipinski definition) is 2. The van der Waals surface area contributed by atoms with Gasteiger partial charge >= 0.3 is 6.18 Å². The third-order valence-corrected chi connectivity index (χ3v) is 2.09. The summed E-state index contributed by atoms with van der Waals surface area (Å²) in [6.07, 6.45) is -4.31. The zero-order valence-electron chi connectivity index (χ0n) is 9.10. The van der Waals surface area contributed by atoms with Crippen LogP contribution in [0.15, 0.2) is 24.3 Å². The van der Waals surface area contributed by atoms with Crippen LogP contribution in [-0.2, 0) is 6.18 Å².